The number of amides is 1. The zero-order chi connectivity index (χ0) is 24.5. The molecule has 178 valence electrons. The van der Waals surface area contributed by atoms with Gasteiger partial charge in [0.25, 0.3) is 5.91 Å². The predicted octanol–water partition coefficient (Wildman–Crippen LogP) is 4.19. The van der Waals surface area contributed by atoms with Gasteiger partial charge in [-0.3, -0.25) is 4.79 Å². The molecule has 0 atom stereocenters. The number of aromatic carboxylic acids is 1. The Bertz CT molecular complexity index is 1390. The maximum atomic E-state index is 13.5. The lowest BCUT2D eigenvalue weighted by atomic mass is 10.1. The van der Waals surface area contributed by atoms with Crippen molar-refractivity contribution >= 4 is 23.3 Å². The van der Waals surface area contributed by atoms with Crippen LogP contribution < -0.4 is 14.4 Å². The van der Waals surface area contributed by atoms with E-state index < -0.39 is 5.97 Å². The molecule has 0 fully saturated rings. The smallest absolute Gasteiger partial charge is 0.335 e. The van der Waals surface area contributed by atoms with Crippen molar-refractivity contribution in [1.82, 2.24) is 9.78 Å². The van der Waals surface area contributed by atoms with Gasteiger partial charge in [-0.05, 0) is 73.4 Å². The third kappa shape index (κ3) is 4.07. The lowest BCUT2D eigenvalue weighted by molar-refractivity contribution is 0.0696. The molecule has 3 heterocycles. The summed E-state index contributed by atoms with van der Waals surface area (Å²) in [6, 6.07) is 12.4. The van der Waals surface area contributed by atoms with E-state index in [1.165, 1.54) is 6.07 Å². The first kappa shape index (κ1) is 22.5. The van der Waals surface area contributed by atoms with Crippen molar-refractivity contribution in [2.45, 2.75) is 19.3 Å². The topological polar surface area (TPSA) is 93.9 Å². The molecular formula is C27H25N3O5. The molecule has 8 nitrogen and oxygen atoms in total. The number of allylic oxidation sites excluding steroid dienone is 3. The third-order valence-electron chi connectivity index (χ3n) is 6.33. The second-order valence-corrected chi connectivity index (χ2v) is 8.38. The summed E-state index contributed by atoms with van der Waals surface area (Å²) in [5, 5.41) is 14.0. The molecule has 0 bridgehead atoms. The van der Waals surface area contributed by atoms with E-state index in [2.05, 4.69) is 6.08 Å². The van der Waals surface area contributed by atoms with Gasteiger partial charge in [-0.15, -0.1) is 0 Å². The van der Waals surface area contributed by atoms with Crippen LogP contribution in [0.15, 0.2) is 60.7 Å². The minimum absolute atomic E-state index is 0.203. The van der Waals surface area contributed by atoms with E-state index in [0.29, 0.717) is 30.2 Å². The van der Waals surface area contributed by atoms with Crippen molar-refractivity contribution in [3.05, 3.63) is 88.8 Å². The number of carbonyl (C=O) groups excluding carboxylic acids is 1. The molecule has 2 aliphatic heterocycles. The number of carboxylic acid groups (broad SMARTS) is 1. The summed E-state index contributed by atoms with van der Waals surface area (Å²) in [5.74, 6) is 0.0603. The monoisotopic (exact) mass is 471 g/mol. The molecule has 0 saturated carbocycles. The molecule has 5 rings (SSSR count). The number of methoxy groups -OCH3 is 2. The Hall–Kier alpha value is -4.33. The summed E-state index contributed by atoms with van der Waals surface area (Å²) in [6.07, 6.45) is 8.24. The quantitative estimate of drug-likeness (QED) is 0.600. The summed E-state index contributed by atoms with van der Waals surface area (Å²) >= 11 is 0. The summed E-state index contributed by atoms with van der Waals surface area (Å²) in [6.45, 7) is 0.485. The summed E-state index contributed by atoms with van der Waals surface area (Å²) in [7, 11) is 3.19. The van der Waals surface area contributed by atoms with Crippen LogP contribution in [0.1, 0.15) is 44.1 Å². The number of hydrogen-bond donors (Lipinski definition) is 1. The highest BCUT2D eigenvalue weighted by Gasteiger charge is 2.29. The maximum absolute atomic E-state index is 13.5. The van der Waals surface area contributed by atoms with Crippen LogP contribution in [0, 0.1) is 0 Å². The Kier molecular flexibility index (Phi) is 5.86. The first-order chi connectivity index (χ1) is 17.0. The van der Waals surface area contributed by atoms with Crippen LogP contribution in [-0.4, -0.2) is 47.5 Å². The Morgan fingerprint density at radius 1 is 1.00 bits per heavy atom. The molecule has 1 N–H and O–H groups in total. The number of carbonyl (C=O) groups is 2. The molecule has 1 aromatic heterocycles. The average molecular weight is 472 g/mol. The van der Waals surface area contributed by atoms with E-state index in [0.717, 1.165) is 41.0 Å². The van der Waals surface area contributed by atoms with Gasteiger partial charge in [-0.2, -0.15) is 5.10 Å². The first-order valence-electron chi connectivity index (χ1n) is 11.4. The third-order valence-corrected chi connectivity index (χ3v) is 6.33. The Morgan fingerprint density at radius 2 is 1.83 bits per heavy atom. The summed E-state index contributed by atoms with van der Waals surface area (Å²) in [5.41, 5.74) is 4.79. The number of hydrogen-bond acceptors (Lipinski definition) is 5. The highest BCUT2D eigenvalue weighted by atomic mass is 16.5. The Labute approximate surface area is 202 Å². The fourth-order valence-corrected chi connectivity index (χ4v) is 4.57. The van der Waals surface area contributed by atoms with E-state index >= 15 is 0 Å². The molecule has 0 aliphatic carbocycles. The highest BCUT2D eigenvalue weighted by molar-refractivity contribution is 6.06. The number of fused-ring (bicyclic) bond motifs is 2. The van der Waals surface area contributed by atoms with Crippen LogP contribution in [-0.2, 0) is 12.8 Å². The normalized spacial score (nSPS) is 16.9. The molecule has 0 unspecified atom stereocenters. The van der Waals surface area contributed by atoms with E-state index in [1.807, 2.05) is 41.1 Å². The molecule has 35 heavy (non-hydrogen) atoms. The number of anilines is 1. The number of benzene rings is 2. The number of ether oxygens (including phenoxy) is 2. The van der Waals surface area contributed by atoms with Gasteiger partial charge < -0.3 is 19.5 Å². The van der Waals surface area contributed by atoms with Crippen LogP contribution in [0.4, 0.5) is 5.69 Å². The van der Waals surface area contributed by atoms with E-state index in [4.69, 9.17) is 14.6 Å². The number of aryl methyl sites for hydroxylation is 1. The van der Waals surface area contributed by atoms with Crippen molar-refractivity contribution in [3.8, 4) is 11.5 Å². The zero-order valence-electron chi connectivity index (χ0n) is 19.5. The molecule has 2 aliphatic rings. The van der Waals surface area contributed by atoms with Gasteiger partial charge >= 0.3 is 5.97 Å². The van der Waals surface area contributed by atoms with Gasteiger partial charge in [0.2, 0.25) is 0 Å². The second-order valence-electron chi connectivity index (χ2n) is 8.38. The molecule has 0 radical (unpaired) electrons. The van der Waals surface area contributed by atoms with Crippen molar-refractivity contribution in [1.29, 1.82) is 0 Å². The van der Waals surface area contributed by atoms with Crippen molar-refractivity contribution in [2.24, 2.45) is 0 Å². The standard InChI is InChI=1S/C27H25N3O5/c1-34-24-11-9-17(15-25(24)35-2)23-7-5-3-4-6-20-16-21(28-30(20)23)26(31)29-13-12-18-14-19(27(32)33)8-10-22(18)29/h3,5,7-11,14-16H,4,6,12-13H2,1-2H3,(H,32,33)/b5-3-,23-7-. The van der Waals surface area contributed by atoms with Crippen molar-refractivity contribution in [3.63, 3.8) is 0 Å². The van der Waals surface area contributed by atoms with Gasteiger partial charge in [0, 0.05) is 23.5 Å². The van der Waals surface area contributed by atoms with Crippen molar-refractivity contribution < 1.29 is 24.2 Å². The second kappa shape index (κ2) is 9.13. The van der Waals surface area contributed by atoms with Gasteiger partial charge in [-0.1, -0.05) is 12.2 Å². The average Bonchev–Trinajstić information content (AvgIpc) is 3.47. The zero-order valence-corrected chi connectivity index (χ0v) is 19.5. The minimum Gasteiger partial charge on any atom is -0.493 e. The van der Waals surface area contributed by atoms with Crippen LogP contribution in [0.5, 0.6) is 11.5 Å². The first-order valence-corrected chi connectivity index (χ1v) is 11.4. The number of nitrogens with zero attached hydrogens (tertiary/aromatic N) is 3. The Morgan fingerprint density at radius 3 is 2.60 bits per heavy atom. The fourth-order valence-electron chi connectivity index (χ4n) is 4.57. The minimum atomic E-state index is -0.977. The van der Waals surface area contributed by atoms with Crippen LogP contribution in [0.2, 0.25) is 0 Å². The van der Waals surface area contributed by atoms with Gasteiger partial charge in [0.1, 0.15) is 0 Å². The highest BCUT2D eigenvalue weighted by Crippen LogP contribution is 2.33. The molecule has 0 saturated heterocycles. The summed E-state index contributed by atoms with van der Waals surface area (Å²) < 4.78 is 12.7. The number of rotatable bonds is 5. The van der Waals surface area contributed by atoms with E-state index in [9.17, 15) is 14.7 Å². The van der Waals surface area contributed by atoms with E-state index in [-0.39, 0.29) is 11.5 Å². The lowest BCUT2D eigenvalue weighted by Gasteiger charge is -2.16. The molecule has 1 amide bonds. The summed E-state index contributed by atoms with van der Waals surface area (Å²) in [4.78, 5) is 26.5. The molecule has 0 spiro atoms. The lowest BCUT2D eigenvalue weighted by Crippen LogP contribution is -2.29. The largest absolute Gasteiger partial charge is 0.493 e. The number of aromatic nitrogens is 2. The molecular weight excluding hydrogens is 446 g/mol. The van der Waals surface area contributed by atoms with Crippen LogP contribution in [0.25, 0.3) is 5.70 Å². The van der Waals surface area contributed by atoms with Crippen LogP contribution in [0.3, 0.4) is 0 Å². The number of carboxylic acids is 1. The van der Waals surface area contributed by atoms with E-state index in [1.54, 1.807) is 31.3 Å². The Balaban J connectivity index is 1.51. The SMILES string of the molecule is COc1ccc(/C2=C/C=C\CCc3cc(C(=O)N4CCc5cc(C(=O)O)ccc54)nn32)cc1OC. The predicted molar refractivity (Wildman–Crippen MR) is 131 cm³/mol. The van der Waals surface area contributed by atoms with Gasteiger partial charge in [0.15, 0.2) is 17.2 Å². The van der Waals surface area contributed by atoms with Gasteiger partial charge in [0.05, 0.1) is 25.5 Å². The fraction of sp³-hybridized carbons (Fsp3) is 0.222. The van der Waals surface area contributed by atoms with Gasteiger partial charge in [-0.25, -0.2) is 9.48 Å². The van der Waals surface area contributed by atoms with Crippen LogP contribution >= 0.6 is 0 Å². The maximum Gasteiger partial charge on any atom is 0.335 e. The molecule has 3 aromatic rings. The molecule has 8 heteroatoms. The molecule has 2 aromatic carbocycles. The van der Waals surface area contributed by atoms with Crippen molar-refractivity contribution in [2.75, 3.05) is 25.7 Å².